The van der Waals surface area contributed by atoms with Gasteiger partial charge in [0.1, 0.15) is 19.3 Å². The highest BCUT2D eigenvalue weighted by Gasteiger charge is 2.30. The molecule has 0 amide bonds. The van der Waals surface area contributed by atoms with Gasteiger partial charge in [-0.3, -0.25) is 37.3 Å². The molecule has 0 aliphatic carbocycles. The number of carbonyl (C=O) groups excluding carboxylic acids is 4. The molecule has 3 unspecified atom stereocenters. The molecular formula is C79H154O17P2. The van der Waals surface area contributed by atoms with E-state index in [1.165, 1.54) is 212 Å². The van der Waals surface area contributed by atoms with E-state index in [0.717, 1.165) is 108 Å². The van der Waals surface area contributed by atoms with Crippen LogP contribution in [0.5, 0.6) is 0 Å². The number of hydrogen-bond donors (Lipinski definition) is 3. The molecule has 0 rings (SSSR count). The van der Waals surface area contributed by atoms with Gasteiger partial charge < -0.3 is 33.8 Å². The molecule has 98 heavy (non-hydrogen) atoms. The first kappa shape index (κ1) is 96.1. The van der Waals surface area contributed by atoms with Crippen LogP contribution in [0.1, 0.15) is 408 Å². The SMILES string of the molecule is CCCCCCCCCCCCCCCCCCCCCCCC(=O)O[C@H](COC(=O)CCCCCCCCCCCCCC(C)C)COP(=O)(O)OC[C@@H](O)COP(=O)(O)OC[C@@H](COC(=O)CCCCCCCCC(C)C)OC(=O)CCCCCCCCCCCCC(C)CC. The first-order valence-electron chi connectivity index (χ1n) is 40.9. The number of unbranched alkanes of at least 4 members (excludes halogenated alkanes) is 44. The fourth-order valence-electron chi connectivity index (χ4n) is 12.1. The summed E-state index contributed by atoms with van der Waals surface area (Å²) in [6.45, 7) is 11.9. The maximum Gasteiger partial charge on any atom is 0.472 e. The smallest absolute Gasteiger partial charge is 0.462 e. The largest absolute Gasteiger partial charge is 0.472 e. The zero-order valence-corrected chi connectivity index (χ0v) is 66.0. The summed E-state index contributed by atoms with van der Waals surface area (Å²) >= 11 is 0. The lowest BCUT2D eigenvalue weighted by atomic mass is 9.99. The molecule has 0 spiro atoms. The topological polar surface area (TPSA) is 237 Å². The normalized spacial score (nSPS) is 14.3. The van der Waals surface area contributed by atoms with Crippen molar-refractivity contribution in [1.82, 2.24) is 0 Å². The number of ether oxygens (including phenoxy) is 4. The van der Waals surface area contributed by atoms with Crippen molar-refractivity contribution < 1.29 is 80.2 Å². The molecule has 0 aliphatic rings. The van der Waals surface area contributed by atoms with E-state index in [0.29, 0.717) is 31.6 Å². The van der Waals surface area contributed by atoms with Crippen molar-refractivity contribution in [3.8, 4) is 0 Å². The molecule has 6 atom stereocenters. The molecule has 17 nitrogen and oxygen atoms in total. The van der Waals surface area contributed by atoms with E-state index in [1.54, 1.807) is 0 Å². The standard InChI is InChI=1S/C79H154O17P2/c1-8-10-11-12-13-14-15-16-17-18-19-20-21-22-23-24-27-34-39-48-55-62-78(83)95-74(66-89-76(81)60-53-46-38-33-28-25-26-31-36-43-50-57-70(3)4)68-93-97(85,86)91-64-73(80)65-92-98(87,88)94-69-75(67-90-77(82)61-54-47-42-41-44-51-58-71(5)6)96-79(84)63-56-49-40-35-30-29-32-37-45-52-59-72(7)9-2/h70-75,80H,8-69H2,1-7H3,(H,85,86)(H,87,88)/t72?,73-,74-,75-/m1/s1. The van der Waals surface area contributed by atoms with Gasteiger partial charge in [-0.15, -0.1) is 0 Å². The van der Waals surface area contributed by atoms with Crippen molar-refractivity contribution in [2.45, 2.75) is 426 Å². The lowest BCUT2D eigenvalue weighted by Gasteiger charge is -2.21. The number of phosphoric ester groups is 2. The second-order valence-electron chi connectivity index (χ2n) is 29.6. The highest BCUT2D eigenvalue weighted by Crippen LogP contribution is 2.45. The quantitative estimate of drug-likeness (QED) is 0.0222. The van der Waals surface area contributed by atoms with Gasteiger partial charge >= 0.3 is 39.5 Å². The predicted octanol–water partition coefficient (Wildman–Crippen LogP) is 23.4. The van der Waals surface area contributed by atoms with E-state index >= 15 is 0 Å². The Labute approximate surface area is 600 Å². The molecule has 0 heterocycles. The molecular weight excluding hydrogens is 1280 g/mol. The average molecular weight is 1440 g/mol. The predicted molar refractivity (Wildman–Crippen MR) is 400 cm³/mol. The van der Waals surface area contributed by atoms with Crippen molar-refractivity contribution in [2.75, 3.05) is 39.6 Å². The van der Waals surface area contributed by atoms with Gasteiger partial charge in [0.2, 0.25) is 0 Å². The van der Waals surface area contributed by atoms with E-state index in [-0.39, 0.29) is 25.7 Å². The molecule has 3 N–H and O–H groups in total. The van der Waals surface area contributed by atoms with Gasteiger partial charge in [0.15, 0.2) is 12.2 Å². The summed E-state index contributed by atoms with van der Waals surface area (Å²) in [5, 5.41) is 10.6. The van der Waals surface area contributed by atoms with Gasteiger partial charge in [-0.2, -0.15) is 0 Å². The molecule has 0 fully saturated rings. The highest BCUT2D eigenvalue weighted by atomic mass is 31.2. The van der Waals surface area contributed by atoms with Gasteiger partial charge in [0.25, 0.3) is 0 Å². The van der Waals surface area contributed by atoms with Crippen molar-refractivity contribution in [2.24, 2.45) is 17.8 Å². The summed E-state index contributed by atoms with van der Waals surface area (Å²) < 4.78 is 68.6. The minimum absolute atomic E-state index is 0.105. The fraction of sp³-hybridized carbons (Fsp3) is 0.949. The van der Waals surface area contributed by atoms with Crippen molar-refractivity contribution in [3.63, 3.8) is 0 Å². The van der Waals surface area contributed by atoms with Crippen LogP contribution < -0.4 is 0 Å². The Morgan fingerprint density at radius 3 is 0.776 bits per heavy atom. The second-order valence-corrected chi connectivity index (χ2v) is 32.6. The number of hydrogen-bond acceptors (Lipinski definition) is 15. The van der Waals surface area contributed by atoms with E-state index in [9.17, 15) is 43.2 Å². The number of carbonyl (C=O) groups is 4. The van der Waals surface area contributed by atoms with Crippen molar-refractivity contribution >= 4 is 39.5 Å². The van der Waals surface area contributed by atoms with Crippen LogP contribution in [-0.2, 0) is 65.4 Å². The molecule has 0 bridgehead atoms. The van der Waals surface area contributed by atoms with Gasteiger partial charge in [-0.25, -0.2) is 9.13 Å². The Balaban J connectivity index is 5.21. The summed E-state index contributed by atoms with van der Waals surface area (Å²) in [6, 6.07) is 0. The zero-order chi connectivity index (χ0) is 72.3. The third kappa shape index (κ3) is 71.1. The summed E-state index contributed by atoms with van der Waals surface area (Å²) in [5.41, 5.74) is 0. The Bertz CT molecular complexity index is 1910. The Morgan fingerprint density at radius 2 is 0.520 bits per heavy atom. The number of aliphatic hydroxyl groups is 1. The first-order valence-corrected chi connectivity index (χ1v) is 43.9. The van der Waals surface area contributed by atoms with Crippen LogP contribution >= 0.6 is 15.6 Å². The Morgan fingerprint density at radius 1 is 0.296 bits per heavy atom. The van der Waals surface area contributed by atoms with Crippen molar-refractivity contribution in [1.29, 1.82) is 0 Å². The van der Waals surface area contributed by atoms with Crippen LogP contribution in [0, 0.1) is 17.8 Å². The lowest BCUT2D eigenvalue weighted by molar-refractivity contribution is -0.161. The average Bonchev–Trinajstić information content (AvgIpc) is 0.994. The molecule has 0 aliphatic heterocycles. The van der Waals surface area contributed by atoms with E-state index < -0.39 is 97.5 Å². The molecule has 0 aromatic heterocycles. The highest BCUT2D eigenvalue weighted by molar-refractivity contribution is 7.47. The maximum atomic E-state index is 13.1. The third-order valence-electron chi connectivity index (χ3n) is 18.7. The van der Waals surface area contributed by atoms with Gasteiger partial charge in [0.05, 0.1) is 26.4 Å². The molecule has 0 saturated carbocycles. The van der Waals surface area contributed by atoms with Crippen LogP contribution in [-0.4, -0.2) is 96.7 Å². The minimum atomic E-state index is -4.96. The number of aliphatic hydroxyl groups excluding tert-OH is 1. The molecule has 19 heteroatoms. The molecule has 0 aromatic rings. The minimum Gasteiger partial charge on any atom is -0.462 e. The molecule has 582 valence electrons. The Kier molecular flexibility index (Phi) is 68.1. The van der Waals surface area contributed by atoms with E-state index in [1.807, 2.05) is 0 Å². The zero-order valence-electron chi connectivity index (χ0n) is 64.3. The fourth-order valence-corrected chi connectivity index (χ4v) is 13.7. The molecule has 0 radical (unpaired) electrons. The summed E-state index contributed by atoms with van der Waals surface area (Å²) in [4.78, 5) is 72.9. The van der Waals surface area contributed by atoms with Gasteiger partial charge in [-0.1, -0.05) is 357 Å². The number of rotatable bonds is 77. The molecule has 0 aromatic carbocycles. The van der Waals surface area contributed by atoms with Crippen LogP contribution in [0.4, 0.5) is 0 Å². The summed E-state index contributed by atoms with van der Waals surface area (Å²) in [5.74, 6) is 0.136. The number of esters is 4. The van der Waals surface area contributed by atoms with Crippen LogP contribution in [0.3, 0.4) is 0 Å². The maximum absolute atomic E-state index is 13.1. The Hall–Kier alpha value is -1.94. The first-order chi connectivity index (χ1) is 47.3. The number of phosphoric acid groups is 2. The lowest BCUT2D eigenvalue weighted by Crippen LogP contribution is -2.30. The van der Waals surface area contributed by atoms with Gasteiger partial charge in [0, 0.05) is 25.7 Å². The molecule has 0 saturated heterocycles. The van der Waals surface area contributed by atoms with E-state index in [4.69, 9.17) is 37.0 Å². The van der Waals surface area contributed by atoms with Crippen LogP contribution in [0.15, 0.2) is 0 Å². The monoisotopic (exact) mass is 1440 g/mol. The summed E-state index contributed by atoms with van der Waals surface area (Å²) in [7, 11) is -9.92. The second kappa shape index (κ2) is 69.4. The van der Waals surface area contributed by atoms with Crippen LogP contribution in [0.25, 0.3) is 0 Å². The summed E-state index contributed by atoms with van der Waals surface area (Å²) in [6.07, 6.45) is 57.1. The van der Waals surface area contributed by atoms with Crippen molar-refractivity contribution in [3.05, 3.63) is 0 Å². The third-order valence-corrected chi connectivity index (χ3v) is 20.6. The van der Waals surface area contributed by atoms with Crippen LogP contribution in [0.2, 0.25) is 0 Å². The van der Waals surface area contributed by atoms with E-state index in [2.05, 4.69) is 48.5 Å². The van der Waals surface area contributed by atoms with Gasteiger partial charge in [-0.05, 0) is 43.4 Å².